The van der Waals surface area contributed by atoms with Gasteiger partial charge in [0, 0.05) is 23.1 Å². The Balaban J connectivity index is 1.95. The summed E-state index contributed by atoms with van der Waals surface area (Å²) in [6.45, 7) is 0. The second kappa shape index (κ2) is 3.38. The first-order valence-electron chi connectivity index (χ1n) is 5.66. The monoisotopic (exact) mass is 200 g/mol. The number of benzene rings is 1. The highest BCUT2D eigenvalue weighted by Gasteiger charge is 2.25. The molecule has 0 radical (unpaired) electrons. The molecule has 1 aliphatic carbocycles. The largest absolute Gasteiger partial charge is 0.361 e. The van der Waals surface area contributed by atoms with Crippen LogP contribution in [0, 0.1) is 5.92 Å². The van der Waals surface area contributed by atoms with Crippen molar-refractivity contribution in [3.05, 3.63) is 36.0 Å². The number of fused-ring (bicyclic) bond motifs is 1. The van der Waals surface area contributed by atoms with E-state index >= 15 is 0 Å². The highest BCUT2D eigenvalue weighted by molar-refractivity contribution is 5.83. The van der Waals surface area contributed by atoms with Crippen molar-refractivity contribution in [1.82, 2.24) is 4.98 Å². The molecule has 3 rings (SSSR count). The first-order chi connectivity index (χ1) is 7.34. The molecule has 78 valence electrons. The Kier molecular flexibility index (Phi) is 2.03. The predicted octanol–water partition coefficient (Wildman–Crippen LogP) is 2.97. The number of rotatable bonds is 3. The highest BCUT2D eigenvalue weighted by atomic mass is 14.7. The van der Waals surface area contributed by atoms with Crippen molar-refractivity contribution in [2.75, 3.05) is 0 Å². The van der Waals surface area contributed by atoms with Crippen LogP contribution in [0.5, 0.6) is 0 Å². The number of H-pyrrole nitrogens is 1. The van der Waals surface area contributed by atoms with Gasteiger partial charge in [-0.05, 0) is 24.0 Å². The summed E-state index contributed by atoms with van der Waals surface area (Å²) in [5.41, 5.74) is 8.70. The van der Waals surface area contributed by atoms with Gasteiger partial charge in [-0.2, -0.15) is 0 Å². The van der Waals surface area contributed by atoms with Gasteiger partial charge in [-0.15, -0.1) is 0 Å². The van der Waals surface area contributed by atoms with E-state index in [2.05, 4.69) is 35.4 Å². The second-order valence-electron chi connectivity index (χ2n) is 4.58. The molecular weight excluding hydrogens is 184 g/mol. The van der Waals surface area contributed by atoms with Gasteiger partial charge >= 0.3 is 0 Å². The van der Waals surface area contributed by atoms with Gasteiger partial charge in [0.25, 0.3) is 0 Å². The normalized spacial score (nSPS) is 18.2. The van der Waals surface area contributed by atoms with E-state index in [0.29, 0.717) is 0 Å². The molecule has 2 nitrogen and oxygen atoms in total. The third-order valence-corrected chi connectivity index (χ3v) is 3.30. The molecule has 0 amide bonds. The number of para-hydroxylation sites is 1. The molecular formula is C13H16N2. The van der Waals surface area contributed by atoms with Crippen molar-refractivity contribution >= 4 is 10.9 Å². The Morgan fingerprint density at radius 2 is 2.13 bits per heavy atom. The number of aromatic nitrogens is 1. The Morgan fingerprint density at radius 3 is 2.93 bits per heavy atom. The lowest BCUT2D eigenvalue weighted by Crippen LogP contribution is -2.10. The van der Waals surface area contributed by atoms with Crippen LogP contribution >= 0.6 is 0 Å². The minimum Gasteiger partial charge on any atom is -0.361 e. The average Bonchev–Trinajstić information content (AvgIpc) is 2.96. The van der Waals surface area contributed by atoms with Gasteiger partial charge < -0.3 is 10.7 Å². The Hall–Kier alpha value is -1.28. The zero-order valence-corrected chi connectivity index (χ0v) is 8.74. The van der Waals surface area contributed by atoms with Crippen LogP contribution in [0.1, 0.15) is 30.9 Å². The van der Waals surface area contributed by atoms with E-state index in [1.54, 1.807) is 0 Å². The molecule has 0 bridgehead atoms. The third-order valence-electron chi connectivity index (χ3n) is 3.30. The van der Waals surface area contributed by atoms with Crippen molar-refractivity contribution in [3.8, 4) is 0 Å². The van der Waals surface area contributed by atoms with Crippen LogP contribution in [0.2, 0.25) is 0 Å². The van der Waals surface area contributed by atoms with Gasteiger partial charge in [0.1, 0.15) is 0 Å². The SMILES string of the molecule is N[C@H](CC1CC1)c1c[nH]c2ccccc12. The fraction of sp³-hybridized carbons (Fsp3) is 0.385. The van der Waals surface area contributed by atoms with Gasteiger partial charge in [-0.3, -0.25) is 0 Å². The zero-order valence-electron chi connectivity index (χ0n) is 8.74. The number of hydrogen-bond acceptors (Lipinski definition) is 1. The molecule has 2 heteroatoms. The van der Waals surface area contributed by atoms with E-state index < -0.39 is 0 Å². The topological polar surface area (TPSA) is 41.8 Å². The summed E-state index contributed by atoms with van der Waals surface area (Å²) in [5, 5.41) is 1.28. The first kappa shape index (κ1) is 8.98. The molecule has 15 heavy (non-hydrogen) atoms. The van der Waals surface area contributed by atoms with Gasteiger partial charge in [0.15, 0.2) is 0 Å². The van der Waals surface area contributed by atoms with E-state index in [0.717, 1.165) is 12.3 Å². The molecule has 0 unspecified atom stereocenters. The maximum atomic E-state index is 6.23. The molecule has 1 heterocycles. The van der Waals surface area contributed by atoms with Gasteiger partial charge in [0.05, 0.1) is 0 Å². The van der Waals surface area contributed by atoms with Crippen LogP contribution in [-0.2, 0) is 0 Å². The summed E-state index contributed by atoms with van der Waals surface area (Å²) in [5.74, 6) is 0.883. The van der Waals surface area contributed by atoms with Gasteiger partial charge in [-0.25, -0.2) is 0 Å². The summed E-state index contributed by atoms with van der Waals surface area (Å²) >= 11 is 0. The second-order valence-corrected chi connectivity index (χ2v) is 4.58. The molecule has 1 aliphatic rings. The molecule has 1 atom stereocenters. The molecule has 1 aromatic heterocycles. The van der Waals surface area contributed by atoms with E-state index in [1.807, 2.05) is 0 Å². The van der Waals surface area contributed by atoms with E-state index in [1.165, 1.54) is 29.3 Å². The molecule has 0 spiro atoms. The average molecular weight is 200 g/mol. The molecule has 1 fully saturated rings. The van der Waals surface area contributed by atoms with Gasteiger partial charge in [0.2, 0.25) is 0 Å². The fourth-order valence-electron chi connectivity index (χ4n) is 2.24. The van der Waals surface area contributed by atoms with Crippen LogP contribution in [0.15, 0.2) is 30.5 Å². The summed E-state index contributed by atoms with van der Waals surface area (Å²) < 4.78 is 0. The Morgan fingerprint density at radius 1 is 1.33 bits per heavy atom. The lowest BCUT2D eigenvalue weighted by Gasteiger charge is -2.09. The van der Waals surface area contributed by atoms with Crippen LogP contribution in [-0.4, -0.2) is 4.98 Å². The lowest BCUT2D eigenvalue weighted by atomic mass is 10.0. The fourth-order valence-corrected chi connectivity index (χ4v) is 2.24. The van der Waals surface area contributed by atoms with Crippen molar-refractivity contribution in [1.29, 1.82) is 0 Å². The zero-order chi connectivity index (χ0) is 10.3. The molecule has 0 aliphatic heterocycles. The molecule has 1 saturated carbocycles. The van der Waals surface area contributed by atoms with E-state index in [4.69, 9.17) is 5.73 Å². The summed E-state index contributed by atoms with van der Waals surface area (Å²) in [4.78, 5) is 3.28. The van der Waals surface area contributed by atoms with Crippen molar-refractivity contribution < 1.29 is 0 Å². The molecule has 0 saturated heterocycles. The smallest absolute Gasteiger partial charge is 0.0457 e. The number of hydrogen-bond donors (Lipinski definition) is 2. The quantitative estimate of drug-likeness (QED) is 0.785. The van der Waals surface area contributed by atoms with Crippen molar-refractivity contribution in [2.45, 2.75) is 25.3 Å². The lowest BCUT2D eigenvalue weighted by molar-refractivity contribution is 0.600. The maximum absolute atomic E-state index is 6.23. The third kappa shape index (κ3) is 1.65. The Bertz CT molecular complexity index is 468. The van der Waals surface area contributed by atoms with Crippen LogP contribution in [0.25, 0.3) is 10.9 Å². The summed E-state index contributed by atoms with van der Waals surface area (Å²) in [7, 11) is 0. The first-order valence-corrected chi connectivity index (χ1v) is 5.66. The minimum atomic E-state index is 0.202. The highest BCUT2D eigenvalue weighted by Crippen LogP contribution is 2.38. The standard InChI is InChI=1S/C13H16N2/c14-12(7-9-5-6-9)11-8-15-13-4-2-1-3-10(11)13/h1-4,8-9,12,15H,5-7,14H2/t12-/m1/s1. The van der Waals surface area contributed by atoms with E-state index in [-0.39, 0.29) is 6.04 Å². The minimum absolute atomic E-state index is 0.202. The summed E-state index contributed by atoms with van der Waals surface area (Å²) in [6.07, 6.45) is 5.95. The molecule has 2 aromatic rings. The Labute approximate surface area is 89.5 Å². The van der Waals surface area contributed by atoms with Gasteiger partial charge in [-0.1, -0.05) is 31.0 Å². The number of nitrogens with two attached hydrogens (primary N) is 1. The molecule has 1 aromatic carbocycles. The maximum Gasteiger partial charge on any atom is 0.0457 e. The van der Waals surface area contributed by atoms with Crippen molar-refractivity contribution in [3.63, 3.8) is 0 Å². The van der Waals surface area contributed by atoms with Crippen LogP contribution in [0.4, 0.5) is 0 Å². The van der Waals surface area contributed by atoms with Crippen LogP contribution < -0.4 is 5.73 Å². The summed E-state index contributed by atoms with van der Waals surface area (Å²) in [6, 6.07) is 8.57. The van der Waals surface area contributed by atoms with E-state index in [9.17, 15) is 0 Å². The number of aromatic amines is 1. The predicted molar refractivity (Wildman–Crippen MR) is 62.6 cm³/mol. The number of nitrogens with one attached hydrogen (secondary N) is 1. The molecule has 3 N–H and O–H groups in total. The van der Waals surface area contributed by atoms with Crippen molar-refractivity contribution in [2.24, 2.45) is 11.7 Å². The van der Waals surface area contributed by atoms with Crippen LogP contribution in [0.3, 0.4) is 0 Å².